The molecule has 2 nitrogen and oxygen atoms in total. The van der Waals surface area contributed by atoms with Crippen LogP contribution >= 0.6 is 0 Å². The van der Waals surface area contributed by atoms with Crippen LogP contribution in [0.15, 0.2) is 167 Å². The third-order valence-electron chi connectivity index (χ3n) is 9.48. The highest BCUT2D eigenvalue weighted by Gasteiger charge is 2.18. The molecule has 0 atom stereocenters. The normalized spacial score (nSPS) is 11.9. The molecular formula is C44H26O2. The molecule has 0 aliphatic carbocycles. The molecule has 0 radical (unpaired) electrons. The Morgan fingerprint density at radius 2 is 0.783 bits per heavy atom. The fourth-order valence-corrected chi connectivity index (χ4v) is 7.41. The average Bonchev–Trinajstić information content (AvgIpc) is 3.69. The highest BCUT2D eigenvalue weighted by atomic mass is 16.3. The minimum absolute atomic E-state index is 0.848. The van der Waals surface area contributed by atoms with Gasteiger partial charge < -0.3 is 8.83 Å². The second kappa shape index (κ2) is 9.69. The summed E-state index contributed by atoms with van der Waals surface area (Å²) in [6.45, 7) is 0. The fraction of sp³-hybridized carbons (Fsp3) is 0. The zero-order valence-electron chi connectivity index (χ0n) is 24.8. The molecule has 214 valence electrons. The predicted octanol–water partition coefficient (Wildman–Crippen LogP) is 12.8. The van der Waals surface area contributed by atoms with E-state index >= 15 is 0 Å². The minimum atomic E-state index is 0.848. The van der Waals surface area contributed by atoms with Crippen molar-refractivity contribution < 1.29 is 8.83 Å². The lowest BCUT2D eigenvalue weighted by Crippen LogP contribution is -1.90. The van der Waals surface area contributed by atoms with Crippen LogP contribution in [0.1, 0.15) is 0 Å². The highest BCUT2D eigenvalue weighted by molar-refractivity contribution is 6.23. The largest absolute Gasteiger partial charge is 0.456 e. The summed E-state index contributed by atoms with van der Waals surface area (Å²) in [7, 11) is 0. The van der Waals surface area contributed by atoms with Gasteiger partial charge in [0.15, 0.2) is 0 Å². The van der Waals surface area contributed by atoms with Crippen LogP contribution in [0.5, 0.6) is 0 Å². The van der Waals surface area contributed by atoms with Crippen molar-refractivity contribution in [3.8, 4) is 33.4 Å². The van der Waals surface area contributed by atoms with Gasteiger partial charge in [-0.15, -0.1) is 0 Å². The van der Waals surface area contributed by atoms with Crippen LogP contribution in [0.2, 0.25) is 0 Å². The highest BCUT2D eigenvalue weighted by Crippen LogP contribution is 2.44. The molecule has 0 N–H and O–H groups in total. The van der Waals surface area contributed by atoms with Crippen molar-refractivity contribution in [2.24, 2.45) is 0 Å². The van der Waals surface area contributed by atoms with Gasteiger partial charge >= 0.3 is 0 Å². The first-order valence-electron chi connectivity index (χ1n) is 15.7. The molecule has 10 rings (SSSR count). The molecule has 0 bridgehead atoms. The van der Waals surface area contributed by atoms with E-state index in [1.54, 1.807) is 0 Å². The van der Waals surface area contributed by atoms with Crippen LogP contribution in [0.4, 0.5) is 0 Å². The predicted molar refractivity (Wildman–Crippen MR) is 192 cm³/mol. The van der Waals surface area contributed by atoms with Crippen molar-refractivity contribution in [1.29, 1.82) is 0 Å². The van der Waals surface area contributed by atoms with Crippen LogP contribution in [0.25, 0.3) is 98.8 Å². The molecule has 46 heavy (non-hydrogen) atoms. The third kappa shape index (κ3) is 3.65. The Kier molecular flexibility index (Phi) is 5.31. The van der Waals surface area contributed by atoms with E-state index in [1.807, 2.05) is 18.2 Å². The van der Waals surface area contributed by atoms with Crippen molar-refractivity contribution in [2.75, 3.05) is 0 Å². The van der Waals surface area contributed by atoms with E-state index in [1.165, 1.54) is 49.4 Å². The van der Waals surface area contributed by atoms with Crippen LogP contribution < -0.4 is 0 Å². The summed E-state index contributed by atoms with van der Waals surface area (Å²) in [6, 6.07) is 56.2. The maximum atomic E-state index is 6.46. The Labute approximate surface area is 264 Å². The lowest BCUT2D eigenvalue weighted by atomic mass is 9.86. The van der Waals surface area contributed by atoms with E-state index in [0.29, 0.717) is 0 Å². The smallest absolute Gasteiger partial charge is 0.147 e. The first-order valence-corrected chi connectivity index (χ1v) is 15.7. The zero-order valence-corrected chi connectivity index (χ0v) is 24.8. The zero-order chi connectivity index (χ0) is 30.2. The van der Waals surface area contributed by atoms with Gasteiger partial charge in [-0.1, -0.05) is 127 Å². The van der Waals surface area contributed by atoms with E-state index in [0.717, 1.165) is 49.4 Å². The molecule has 0 saturated carbocycles. The van der Waals surface area contributed by atoms with Gasteiger partial charge in [0.2, 0.25) is 0 Å². The molecule has 0 spiro atoms. The summed E-state index contributed by atoms with van der Waals surface area (Å²) in [5.41, 5.74) is 10.8. The number of hydrogen-bond donors (Lipinski definition) is 0. The van der Waals surface area contributed by atoms with Crippen LogP contribution in [0.3, 0.4) is 0 Å². The van der Waals surface area contributed by atoms with Gasteiger partial charge in [-0.05, 0) is 85.3 Å². The molecule has 10 aromatic rings. The number of fused-ring (bicyclic) bond motifs is 9. The van der Waals surface area contributed by atoms with Crippen LogP contribution in [0, 0.1) is 0 Å². The molecule has 0 aliphatic heterocycles. The molecule has 0 aliphatic rings. The summed E-state index contributed by atoms with van der Waals surface area (Å²) in [4.78, 5) is 0. The summed E-state index contributed by atoms with van der Waals surface area (Å²) in [6.07, 6.45) is 0. The summed E-state index contributed by atoms with van der Waals surface area (Å²) in [5.74, 6) is 0. The third-order valence-corrected chi connectivity index (χ3v) is 9.48. The Morgan fingerprint density at radius 1 is 0.283 bits per heavy atom. The fourth-order valence-electron chi connectivity index (χ4n) is 7.41. The average molecular weight is 587 g/mol. The molecular weight excluding hydrogens is 560 g/mol. The number of benzene rings is 8. The van der Waals surface area contributed by atoms with Gasteiger partial charge in [0, 0.05) is 16.2 Å². The van der Waals surface area contributed by atoms with Crippen LogP contribution in [-0.4, -0.2) is 0 Å². The number of para-hydroxylation sites is 1. The van der Waals surface area contributed by atoms with Gasteiger partial charge in [0.05, 0.1) is 5.39 Å². The number of rotatable bonds is 3. The number of hydrogen-bond acceptors (Lipinski definition) is 2. The standard InChI is InChI=1S/C44H26O2/c1-2-10-28(11-3-1)41-31-12-4-6-14-33(31)42(34-15-7-5-13-32(34)41)29-20-18-27(19-21-29)30-22-24-39-37(26-30)35-23-25-40-43(44(35)46-39)36-16-8-9-17-38(36)45-40/h1-26H. The van der Waals surface area contributed by atoms with E-state index in [2.05, 4.69) is 140 Å². The molecule has 0 amide bonds. The molecule has 2 heteroatoms. The van der Waals surface area contributed by atoms with Gasteiger partial charge in [0.1, 0.15) is 22.3 Å². The lowest BCUT2D eigenvalue weighted by molar-refractivity contribution is 0.663. The Hall–Kier alpha value is -6.12. The van der Waals surface area contributed by atoms with E-state index < -0.39 is 0 Å². The lowest BCUT2D eigenvalue weighted by Gasteiger charge is -2.18. The van der Waals surface area contributed by atoms with Crippen molar-refractivity contribution in [2.45, 2.75) is 0 Å². The number of furan rings is 2. The van der Waals surface area contributed by atoms with Crippen molar-refractivity contribution in [3.05, 3.63) is 158 Å². The second-order valence-electron chi connectivity index (χ2n) is 12.0. The minimum Gasteiger partial charge on any atom is -0.456 e. The van der Waals surface area contributed by atoms with Crippen molar-refractivity contribution >= 4 is 65.4 Å². The molecule has 8 aromatic carbocycles. The summed E-state index contributed by atoms with van der Waals surface area (Å²) >= 11 is 0. The Bertz CT molecular complexity index is 2720. The quantitative estimate of drug-likeness (QED) is 0.193. The molecule has 0 fully saturated rings. The van der Waals surface area contributed by atoms with Crippen molar-refractivity contribution in [1.82, 2.24) is 0 Å². The van der Waals surface area contributed by atoms with Gasteiger partial charge in [-0.3, -0.25) is 0 Å². The second-order valence-corrected chi connectivity index (χ2v) is 12.0. The molecule has 0 unspecified atom stereocenters. The van der Waals surface area contributed by atoms with Gasteiger partial charge in [-0.2, -0.15) is 0 Å². The van der Waals surface area contributed by atoms with Gasteiger partial charge in [-0.25, -0.2) is 0 Å². The van der Waals surface area contributed by atoms with E-state index in [-0.39, 0.29) is 0 Å². The van der Waals surface area contributed by atoms with Crippen LogP contribution in [-0.2, 0) is 0 Å². The van der Waals surface area contributed by atoms with E-state index in [4.69, 9.17) is 8.83 Å². The molecule has 2 heterocycles. The molecule has 0 saturated heterocycles. The topological polar surface area (TPSA) is 26.3 Å². The Balaban J connectivity index is 1.13. The SMILES string of the molecule is c1ccc(-c2c3ccccc3c(-c3ccc(-c4ccc5oc6c(ccc7oc8ccccc8c76)c5c4)cc3)c3ccccc23)cc1. The monoisotopic (exact) mass is 586 g/mol. The first kappa shape index (κ1) is 25.2. The van der Waals surface area contributed by atoms with Crippen molar-refractivity contribution in [3.63, 3.8) is 0 Å². The van der Waals surface area contributed by atoms with E-state index in [9.17, 15) is 0 Å². The Morgan fingerprint density at radius 3 is 1.46 bits per heavy atom. The first-order chi connectivity index (χ1) is 22.8. The summed E-state index contributed by atoms with van der Waals surface area (Å²) < 4.78 is 12.6. The van der Waals surface area contributed by atoms with Gasteiger partial charge in [0.25, 0.3) is 0 Å². The summed E-state index contributed by atoms with van der Waals surface area (Å²) in [5, 5.41) is 9.38. The molecule has 2 aromatic heterocycles. The maximum Gasteiger partial charge on any atom is 0.147 e. The maximum absolute atomic E-state index is 6.46.